The summed E-state index contributed by atoms with van der Waals surface area (Å²) in [6, 6.07) is 7.17. The minimum atomic E-state index is -0.804. The lowest BCUT2D eigenvalue weighted by Gasteiger charge is -2.21. The maximum Gasteiger partial charge on any atom is 0.271 e. The topological polar surface area (TPSA) is 110 Å². The standard InChI is InChI=1S/C27H31Cl2N5O5/c1-27(2)37-16-19(39-27)15-33-11-10-23(32-33)31-26(36)21(12-17-6-3-4-7-17)34-24(35)13-18(14-30-34)38-22-9-5-8-20(28)25(22)29/h5,8-11,13-14,17,19,21H,3-4,6-7,12,15-16H2,1-2H3,(H,31,32,36)/t19-,21?/m1/s1. The summed E-state index contributed by atoms with van der Waals surface area (Å²) in [5.41, 5.74) is -0.463. The molecular formula is C27H31Cl2N5O5. The number of ether oxygens (including phenoxy) is 3. The van der Waals surface area contributed by atoms with Gasteiger partial charge in [-0.15, -0.1) is 0 Å². The Kier molecular flexibility index (Phi) is 8.27. The van der Waals surface area contributed by atoms with Gasteiger partial charge >= 0.3 is 0 Å². The summed E-state index contributed by atoms with van der Waals surface area (Å²) in [6.45, 7) is 4.69. The first-order chi connectivity index (χ1) is 18.7. The van der Waals surface area contributed by atoms with E-state index in [0.717, 1.165) is 25.7 Å². The number of carbonyl (C=O) groups is 1. The number of benzene rings is 1. The van der Waals surface area contributed by atoms with Crippen LogP contribution in [0.4, 0.5) is 5.82 Å². The van der Waals surface area contributed by atoms with E-state index in [1.807, 2.05) is 13.8 Å². The second-order valence-corrected chi connectivity index (χ2v) is 11.2. The van der Waals surface area contributed by atoms with Gasteiger partial charge in [-0.05, 0) is 38.3 Å². The van der Waals surface area contributed by atoms with Crippen molar-refractivity contribution in [3.05, 3.63) is 63.1 Å². The monoisotopic (exact) mass is 575 g/mol. The van der Waals surface area contributed by atoms with Crippen LogP contribution in [0.25, 0.3) is 0 Å². The molecule has 12 heteroatoms. The first kappa shape index (κ1) is 27.6. The Balaban J connectivity index is 1.31. The zero-order valence-electron chi connectivity index (χ0n) is 21.8. The van der Waals surface area contributed by atoms with Crippen LogP contribution in [-0.2, 0) is 20.8 Å². The predicted molar refractivity (Wildman–Crippen MR) is 146 cm³/mol. The van der Waals surface area contributed by atoms with E-state index in [1.54, 1.807) is 35.1 Å². The summed E-state index contributed by atoms with van der Waals surface area (Å²) < 4.78 is 20.1. The predicted octanol–water partition coefficient (Wildman–Crippen LogP) is 5.45. The van der Waals surface area contributed by atoms with Crippen molar-refractivity contribution in [2.24, 2.45) is 5.92 Å². The van der Waals surface area contributed by atoms with Crippen molar-refractivity contribution in [1.29, 1.82) is 0 Å². The molecule has 10 nitrogen and oxygen atoms in total. The Morgan fingerprint density at radius 3 is 2.77 bits per heavy atom. The molecular weight excluding hydrogens is 545 g/mol. The van der Waals surface area contributed by atoms with E-state index in [0.29, 0.717) is 42.1 Å². The average Bonchev–Trinajstić information content (AvgIpc) is 3.63. The third-order valence-corrected chi connectivity index (χ3v) is 7.73. The minimum absolute atomic E-state index is 0.135. The molecule has 2 atom stereocenters. The molecule has 39 heavy (non-hydrogen) atoms. The molecule has 5 rings (SSSR count). The van der Waals surface area contributed by atoms with Crippen molar-refractivity contribution >= 4 is 34.9 Å². The smallest absolute Gasteiger partial charge is 0.271 e. The van der Waals surface area contributed by atoms with Gasteiger partial charge in [0.2, 0.25) is 0 Å². The summed E-state index contributed by atoms with van der Waals surface area (Å²) in [5, 5.41) is 12.2. The van der Waals surface area contributed by atoms with E-state index in [-0.39, 0.29) is 22.8 Å². The lowest BCUT2D eigenvalue weighted by atomic mass is 9.98. The molecule has 0 radical (unpaired) electrons. The highest BCUT2D eigenvalue weighted by Crippen LogP contribution is 2.35. The van der Waals surface area contributed by atoms with Crippen LogP contribution in [0.5, 0.6) is 11.5 Å². The van der Waals surface area contributed by atoms with Gasteiger partial charge in [0.25, 0.3) is 11.5 Å². The maximum atomic E-state index is 13.5. The highest BCUT2D eigenvalue weighted by Gasteiger charge is 2.33. The molecule has 1 N–H and O–H groups in total. The minimum Gasteiger partial charge on any atom is -0.454 e. The second kappa shape index (κ2) is 11.7. The molecule has 2 aromatic heterocycles. The highest BCUT2D eigenvalue weighted by atomic mass is 35.5. The molecule has 1 unspecified atom stereocenters. The van der Waals surface area contributed by atoms with Crippen LogP contribution in [0.2, 0.25) is 10.0 Å². The van der Waals surface area contributed by atoms with E-state index >= 15 is 0 Å². The van der Waals surface area contributed by atoms with Crippen molar-refractivity contribution < 1.29 is 19.0 Å². The highest BCUT2D eigenvalue weighted by molar-refractivity contribution is 6.42. The van der Waals surface area contributed by atoms with E-state index in [1.165, 1.54) is 16.9 Å². The number of nitrogens with zero attached hydrogens (tertiary/aromatic N) is 4. The normalized spacial score (nSPS) is 19.7. The third-order valence-electron chi connectivity index (χ3n) is 6.92. The molecule has 2 fully saturated rings. The summed E-state index contributed by atoms with van der Waals surface area (Å²) >= 11 is 12.3. The second-order valence-electron chi connectivity index (χ2n) is 10.4. The number of nitrogens with one attached hydrogen (secondary N) is 1. The number of hydrogen-bond donors (Lipinski definition) is 1. The number of hydrogen-bond acceptors (Lipinski definition) is 7. The van der Waals surface area contributed by atoms with Crippen molar-refractivity contribution in [3.8, 4) is 11.5 Å². The van der Waals surface area contributed by atoms with Crippen molar-refractivity contribution in [1.82, 2.24) is 19.6 Å². The molecule has 2 aliphatic rings. The number of aromatic nitrogens is 4. The first-order valence-corrected chi connectivity index (χ1v) is 13.8. The first-order valence-electron chi connectivity index (χ1n) is 13.0. The largest absolute Gasteiger partial charge is 0.454 e. The van der Waals surface area contributed by atoms with Gasteiger partial charge in [-0.3, -0.25) is 14.3 Å². The van der Waals surface area contributed by atoms with Crippen LogP contribution < -0.4 is 15.6 Å². The Morgan fingerprint density at radius 1 is 1.26 bits per heavy atom. The quantitative estimate of drug-likeness (QED) is 0.361. The van der Waals surface area contributed by atoms with Crippen LogP contribution in [-0.4, -0.2) is 44.0 Å². The van der Waals surface area contributed by atoms with Crippen molar-refractivity contribution in [2.45, 2.75) is 70.4 Å². The van der Waals surface area contributed by atoms with Crippen LogP contribution in [0.15, 0.2) is 47.5 Å². The fourth-order valence-corrected chi connectivity index (χ4v) is 5.39. The molecule has 1 amide bonds. The summed E-state index contributed by atoms with van der Waals surface area (Å²) in [7, 11) is 0. The maximum absolute atomic E-state index is 13.5. The molecule has 3 aromatic rings. The SMILES string of the molecule is CC1(C)OC[C@@H](Cn2ccc(NC(=O)C(CC3CCCC3)n3ncc(Oc4cccc(Cl)c4Cl)cc3=O)n2)O1. The van der Waals surface area contributed by atoms with Crippen LogP contribution in [0.3, 0.4) is 0 Å². The van der Waals surface area contributed by atoms with Gasteiger partial charge in [0, 0.05) is 18.3 Å². The van der Waals surface area contributed by atoms with E-state index < -0.39 is 17.4 Å². The number of anilines is 1. The molecule has 1 aliphatic heterocycles. The molecule has 0 spiro atoms. The van der Waals surface area contributed by atoms with E-state index in [9.17, 15) is 9.59 Å². The van der Waals surface area contributed by atoms with Gasteiger partial charge in [-0.2, -0.15) is 10.2 Å². The van der Waals surface area contributed by atoms with Gasteiger partial charge in [-0.25, -0.2) is 4.68 Å². The molecule has 3 heterocycles. The Labute approximate surface area is 236 Å². The fourth-order valence-electron chi connectivity index (χ4n) is 5.06. The molecule has 208 valence electrons. The molecule has 1 aromatic carbocycles. The van der Waals surface area contributed by atoms with Gasteiger partial charge in [0.05, 0.1) is 24.4 Å². The van der Waals surface area contributed by atoms with Gasteiger partial charge in [0.1, 0.15) is 22.9 Å². The molecule has 0 bridgehead atoms. The van der Waals surface area contributed by atoms with Gasteiger partial charge in [-0.1, -0.05) is 55.0 Å². The van der Waals surface area contributed by atoms with E-state index in [4.69, 9.17) is 37.4 Å². The van der Waals surface area contributed by atoms with Gasteiger partial charge < -0.3 is 19.5 Å². The number of halogens is 2. The molecule has 1 aliphatic carbocycles. The molecule has 1 saturated heterocycles. The average molecular weight is 576 g/mol. The van der Waals surface area contributed by atoms with Crippen LogP contribution in [0, 0.1) is 5.92 Å². The van der Waals surface area contributed by atoms with Crippen molar-refractivity contribution in [3.63, 3.8) is 0 Å². The summed E-state index contributed by atoms with van der Waals surface area (Å²) in [5.74, 6) is 0.241. The number of carbonyl (C=O) groups excluding carboxylic acids is 1. The molecule has 1 saturated carbocycles. The number of amides is 1. The van der Waals surface area contributed by atoms with Gasteiger partial charge in [0.15, 0.2) is 17.4 Å². The van der Waals surface area contributed by atoms with E-state index in [2.05, 4.69) is 15.5 Å². The third kappa shape index (κ3) is 6.81. The zero-order valence-corrected chi connectivity index (χ0v) is 23.3. The summed E-state index contributed by atoms with van der Waals surface area (Å²) in [4.78, 5) is 26.6. The Bertz CT molecular complexity index is 1380. The van der Waals surface area contributed by atoms with Crippen LogP contribution >= 0.6 is 23.2 Å². The number of rotatable bonds is 9. The Hall–Kier alpha value is -2.92. The lowest BCUT2D eigenvalue weighted by Crippen LogP contribution is -2.36. The van der Waals surface area contributed by atoms with Crippen LogP contribution in [0.1, 0.15) is 52.0 Å². The zero-order chi connectivity index (χ0) is 27.6. The van der Waals surface area contributed by atoms with Crippen molar-refractivity contribution in [2.75, 3.05) is 11.9 Å². The Morgan fingerprint density at radius 2 is 2.05 bits per heavy atom. The lowest BCUT2D eigenvalue weighted by molar-refractivity contribution is -0.139. The summed E-state index contributed by atoms with van der Waals surface area (Å²) in [6.07, 6.45) is 7.79. The fraction of sp³-hybridized carbons (Fsp3) is 0.481.